The van der Waals surface area contributed by atoms with E-state index in [4.69, 9.17) is 89.3 Å². The van der Waals surface area contributed by atoms with Crippen LogP contribution in [0, 0.1) is 0 Å². The number of hydrogen-bond acceptors (Lipinski definition) is 4. The summed E-state index contributed by atoms with van der Waals surface area (Å²) >= 11 is 34.4. The molecule has 0 fully saturated rings. The van der Waals surface area contributed by atoms with Crippen molar-refractivity contribution in [2.45, 2.75) is 26.1 Å². The molecule has 2 atom stereocenters. The summed E-state index contributed by atoms with van der Waals surface area (Å²) in [7, 11) is 0. The minimum absolute atomic E-state index is 0.195. The molecule has 0 radical (unpaired) electrons. The molecule has 12 heteroatoms. The topological polar surface area (TPSA) is 93.1 Å². The van der Waals surface area contributed by atoms with Crippen LogP contribution >= 0.6 is 69.6 Å². The first-order valence-corrected chi connectivity index (χ1v) is 10.2. The van der Waals surface area contributed by atoms with E-state index in [2.05, 4.69) is 0 Å². The molecule has 0 aliphatic rings. The van der Waals surface area contributed by atoms with E-state index in [-0.39, 0.29) is 41.6 Å². The second-order valence-corrected chi connectivity index (χ2v) is 8.03. The summed E-state index contributed by atoms with van der Waals surface area (Å²) in [5.41, 5.74) is 0. The van der Waals surface area contributed by atoms with Gasteiger partial charge in [0.25, 0.3) is 0 Å². The Balaban J connectivity index is 0.000000300. The largest absolute Gasteiger partial charge is 0.479 e. The van der Waals surface area contributed by atoms with Gasteiger partial charge in [-0.3, -0.25) is 0 Å². The van der Waals surface area contributed by atoms with Crippen LogP contribution in [0.2, 0.25) is 30.1 Å². The molecule has 0 amide bonds. The SMILES string of the molecule is CC(Oc1cc(Cl)c(Cl)cc1Cl)C(=O)O.CC(Oc1cc(Cl)c(Cl)cc1Cl)C(=O)O. The Kier molecular flexibility index (Phi) is 10.6. The van der Waals surface area contributed by atoms with Crippen molar-refractivity contribution in [3.05, 3.63) is 54.4 Å². The quantitative estimate of drug-likeness (QED) is 0.385. The normalized spacial score (nSPS) is 12.3. The van der Waals surface area contributed by atoms with E-state index in [0.717, 1.165) is 0 Å². The highest BCUT2D eigenvalue weighted by atomic mass is 35.5. The maximum absolute atomic E-state index is 10.5. The van der Waals surface area contributed by atoms with E-state index < -0.39 is 24.1 Å². The van der Waals surface area contributed by atoms with Crippen molar-refractivity contribution >= 4 is 81.5 Å². The van der Waals surface area contributed by atoms with Crippen molar-refractivity contribution in [2.24, 2.45) is 0 Å². The molecular formula is C18H14Cl6O6. The second kappa shape index (κ2) is 11.9. The first-order valence-electron chi connectivity index (χ1n) is 7.91. The Bertz CT molecular complexity index is 860. The Morgan fingerprint density at radius 2 is 0.900 bits per heavy atom. The molecule has 6 nitrogen and oxygen atoms in total. The molecule has 2 unspecified atom stereocenters. The highest BCUT2D eigenvalue weighted by Crippen LogP contribution is 2.35. The standard InChI is InChI=1S/2C9H7Cl3O3/c2*1-4(9(13)14)15-8-3-6(11)5(10)2-7(8)12/h2*2-4H,1H3,(H,13,14). The van der Waals surface area contributed by atoms with Crippen LogP contribution in [-0.4, -0.2) is 34.4 Å². The summed E-state index contributed by atoms with van der Waals surface area (Å²) in [6, 6.07) is 5.56. The Hall–Kier alpha value is -1.28. The Morgan fingerprint density at radius 1 is 0.633 bits per heavy atom. The fraction of sp³-hybridized carbons (Fsp3) is 0.222. The number of ether oxygens (including phenoxy) is 2. The average Bonchev–Trinajstić information content (AvgIpc) is 2.64. The predicted molar refractivity (Wildman–Crippen MR) is 118 cm³/mol. The lowest BCUT2D eigenvalue weighted by Gasteiger charge is -2.12. The molecule has 0 aliphatic carbocycles. The van der Waals surface area contributed by atoms with Crippen LogP contribution in [0.3, 0.4) is 0 Å². The zero-order chi connectivity index (χ0) is 23.2. The van der Waals surface area contributed by atoms with Gasteiger partial charge in [-0.1, -0.05) is 69.6 Å². The molecule has 2 aromatic rings. The van der Waals surface area contributed by atoms with Crippen molar-refractivity contribution < 1.29 is 29.3 Å². The van der Waals surface area contributed by atoms with E-state index in [1.165, 1.54) is 38.1 Å². The number of hydrogen-bond donors (Lipinski definition) is 2. The number of aliphatic carboxylic acids is 2. The van der Waals surface area contributed by atoms with Crippen LogP contribution in [0.1, 0.15) is 13.8 Å². The Labute approximate surface area is 202 Å². The fourth-order valence-electron chi connectivity index (χ4n) is 1.67. The lowest BCUT2D eigenvalue weighted by Crippen LogP contribution is -2.22. The van der Waals surface area contributed by atoms with Crippen LogP contribution in [0.5, 0.6) is 11.5 Å². The molecule has 0 spiro atoms. The van der Waals surface area contributed by atoms with Crippen molar-refractivity contribution in [3.8, 4) is 11.5 Å². The van der Waals surface area contributed by atoms with E-state index in [0.29, 0.717) is 0 Å². The first kappa shape index (κ1) is 26.8. The van der Waals surface area contributed by atoms with Gasteiger partial charge in [0.2, 0.25) is 0 Å². The van der Waals surface area contributed by atoms with Gasteiger partial charge in [-0.15, -0.1) is 0 Å². The van der Waals surface area contributed by atoms with Crippen molar-refractivity contribution in [1.29, 1.82) is 0 Å². The maximum atomic E-state index is 10.5. The lowest BCUT2D eigenvalue weighted by atomic mass is 10.3. The van der Waals surface area contributed by atoms with Crippen molar-refractivity contribution in [3.63, 3.8) is 0 Å². The van der Waals surface area contributed by atoms with Crippen LogP contribution in [0.15, 0.2) is 24.3 Å². The van der Waals surface area contributed by atoms with E-state index >= 15 is 0 Å². The van der Waals surface area contributed by atoms with Gasteiger partial charge >= 0.3 is 11.9 Å². The summed E-state index contributed by atoms with van der Waals surface area (Å²) < 4.78 is 10.1. The van der Waals surface area contributed by atoms with Gasteiger partial charge in [0, 0.05) is 12.1 Å². The third-order valence-corrected chi connectivity index (χ3v) is 5.29. The number of benzene rings is 2. The molecule has 0 saturated heterocycles. The van der Waals surface area contributed by atoms with Gasteiger partial charge in [-0.05, 0) is 26.0 Å². The second-order valence-electron chi connectivity index (χ2n) is 5.59. The number of carbonyl (C=O) groups is 2. The predicted octanol–water partition coefficient (Wildman–Crippen LogP) is 7.00. The summed E-state index contributed by atoms with van der Waals surface area (Å²) in [6.07, 6.45) is -2.00. The minimum Gasteiger partial charge on any atom is -0.479 e. The van der Waals surface area contributed by atoms with Gasteiger partial charge in [0.15, 0.2) is 12.2 Å². The van der Waals surface area contributed by atoms with Crippen LogP contribution in [0.25, 0.3) is 0 Å². The highest BCUT2D eigenvalue weighted by Gasteiger charge is 2.16. The number of rotatable bonds is 6. The first-order chi connectivity index (χ1) is 13.8. The van der Waals surface area contributed by atoms with Gasteiger partial charge in [-0.2, -0.15) is 0 Å². The van der Waals surface area contributed by atoms with E-state index in [1.54, 1.807) is 0 Å². The lowest BCUT2D eigenvalue weighted by molar-refractivity contribution is -0.145. The summed E-state index contributed by atoms with van der Waals surface area (Å²) in [6.45, 7) is 2.78. The zero-order valence-corrected chi connectivity index (χ0v) is 19.8. The highest BCUT2D eigenvalue weighted by molar-refractivity contribution is 6.44. The van der Waals surface area contributed by atoms with Crippen LogP contribution in [-0.2, 0) is 9.59 Å². The molecule has 0 aromatic heterocycles. The van der Waals surface area contributed by atoms with Gasteiger partial charge in [-0.25, -0.2) is 9.59 Å². The summed E-state index contributed by atoms with van der Waals surface area (Å²) in [5, 5.41) is 18.8. The molecule has 0 heterocycles. The van der Waals surface area contributed by atoms with E-state index in [9.17, 15) is 9.59 Å². The van der Waals surface area contributed by atoms with Gasteiger partial charge in [0.1, 0.15) is 11.5 Å². The van der Waals surface area contributed by atoms with Crippen molar-refractivity contribution in [2.75, 3.05) is 0 Å². The van der Waals surface area contributed by atoms with E-state index in [1.807, 2.05) is 0 Å². The third-order valence-electron chi connectivity index (χ3n) is 3.25. The van der Waals surface area contributed by atoms with Gasteiger partial charge in [0.05, 0.1) is 30.1 Å². The fourth-order valence-corrected chi connectivity index (χ4v) is 2.83. The third kappa shape index (κ3) is 8.10. The molecule has 0 saturated carbocycles. The monoisotopic (exact) mass is 536 g/mol. The Morgan fingerprint density at radius 3 is 1.17 bits per heavy atom. The zero-order valence-electron chi connectivity index (χ0n) is 15.3. The molecule has 2 N–H and O–H groups in total. The van der Waals surface area contributed by atoms with Crippen LogP contribution < -0.4 is 9.47 Å². The summed E-state index contributed by atoms with van der Waals surface area (Å²) in [4.78, 5) is 21.1. The number of carboxylic acid groups (broad SMARTS) is 2. The maximum Gasteiger partial charge on any atom is 0.344 e. The molecule has 30 heavy (non-hydrogen) atoms. The molecule has 2 aromatic carbocycles. The minimum atomic E-state index is -1.09. The molecule has 0 bridgehead atoms. The average molecular weight is 539 g/mol. The number of carboxylic acids is 2. The number of halogens is 6. The molecule has 2 rings (SSSR count). The summed E-state index contributed by atoms with van der Waals surface area (Å²) in [5.74, 6) is -1.78. The van der Waals surface area contributed by atoms with Gasteiger partial charge < -0.3 is 19.7 Å². The van der Waals surface area contributed by atoms with Crippen LogP contribution in [0.4, 0.5) is 0 Å². The molecule has 0 aliphatic heterocycles. The molecular weight excluding hydrogens is 525 g/mol. The smallest absolute Gasteiger partial charge is 0.344 e. The molecule has 164 valence electrons. The van der Waals surface area contributed by atoms with Crippen molar-refractivity contribution in [1.82, 2.24) is 0 Å².